The second-order valence-corrected chi connectivity index (χ2v) is 2.76. The van der Waals surface area contributed by atoms with E-state index in [2.05, 4.69) is 6.58 Å². The van der Waals surface area contributed by atoms with Gasteiger partial charge in [-0.1, -0.05) is 29.8 Å². The molecule has 0 fully saturated rings. The highest BCUT2D eigenvalue weighted by atomic mass is 35.5. The summed E-state index contributed by atoms with van der Waals surface area (Å²) in [6, 6.07) is 7.44. The Balaban J connectivity index is 2.51. The molecule has 0 saturated heterocycles. The summed E-state index contributed by atoms with van der Waals surface area (Å²) in [7, 11) is 0. The monoisotopic (exact) mass is 182 g/mol. The van der Waals surface area contributed by atoms with Crippen LogP contribution in [0.3, 0.4) is 0 Å². The maximum absolute atomic E-state index is 5.85. The van der Waals surface area contributed by atoms with E-state index in [1.54, 1.807) is 0 Å². The number of hydrogen-bond acceptors (Lipinski definition) is 1. The lowest BCUT2D eigenvalue weighted by Gasteiger charge is -2.05. The summed E-state index contributed by atoms with van der Waals surface area (Å²) in [5.74, 6) is 0.737. The zero-order valence-corrected chi connectivity index (χ0v) is 7.55. The molecule has 64 valence electrons. The quantitative estimate of drug-likeness (QED) is 0.513. The molecule has 0 spiro atoms. The molecule has 0 amide bonds. The molecule has 0 aromatic heterocycles. The number of rotatable bonds is 4. The number of hydrogen-bond donors (Lipinski definition) is 0. The first-order valence-electron chi connectivity index (χ1n) is 3.83. The van der Waals surface area contributed by atoms with Crippen molar-refractivity contribution in [3.05, 3.63) is 41.9 Å². The summed E-state index contributed by atoms with van der Waals surface area (Å²) in [6.45, 7) is 4.23. The molecule has 1 rings (SSSR count). The van der Waals surface area contributed by atoms with Crippen molar-refractivity contribution in [2.45, 2.75) is 6.42 Å². The van der Waals surface area contributed by atoms with E-state index in [4.69, 9.17) is 16.3 Å². The number of halogens is 1. The molecule has 1 aromatic rings. The SMILES string of the molecule is C=CCCOc1ccccc1Cl. The van der Waals surface area contributed by atoms with Gasteiger partial charge in [0.1, 0.15) is 5.75 Å². The first-order valence-corrected chi connectivity index (χ1v) is 4.20. The maximum Gasteiger partial charge on any atom is 0.137 e. The van der Waals surface area contributed by atoms with Crippen molar-refractivity contribution in [2.75, 3.05) is 6.61 Å². The average Bonchev–Trinajstić information content (AvgIpc) is 2.09. The topological polar surface area (TPSA) is 9.23 Å². The molecule has 12 heavy (non-hydrogen) atoms. The number of benzene rings is 1. The zero-order valence-electron chi connectivity index (χ0n) is 6.79. The molecule has 0 unspecified atom stereocenters. The van der Waals surface area contributed by atoms with Gasteiger partial charge in [0.25, 0.3) is 0 Å². The highest BCUT2D eigenvalue weighted by Gasteiger charge is 1.96. The zero-order chi connectivity index (χ0) is 8.81. The minimum atomic E-state index is 0.632. The van der Waals surface area contributed by atoms with Gasteiger partial charge in [-0.3, -0.25) is 0 Å². The summed E-state index contributed by atoms with van der Waals surface area (Å²) in [6.07, 6.45) is 2.65. The van der Waals surface area contributed by atoms with Crippen LogP contribution in [-0.4, -0.2) is 6.61 Å². The molecule has 0 saturated carbocycles. The van der Waals surface area contributed by atoms with E-state index < -0.39 is 0 Å². The molecule has 0 atom stereocenters. The fourth-order valence-corrected chi connectivity index (χ4v) is 1.00. The molecule has 0 heterocycles. The van der Waals surface area contributed by atoms with Crippen LogP contribution >= 0.6 is 11.6 Å². The molecule has 0 bridgehead atoms. The second kappa shape index (κ2) is 4.83. The fourth-order valence-electron chi connectivity index (χ4n) is 0.814. The lowest BCUT2D eigenvalue weighted by atomic mass is 10.3. The van der Waals surface area contributed by atoms with Crippen molar-refractivity contribution in [2.24, 2.45) is 0 Å². The molecule has 0 aliphatic heterocycles. The maximum atomic E-state index is 5.85. The summed E-state index contributed by atoms with van der Waals surface area (Å²) in [4.78, 5) is 0. The van der Waals surface area contributed by atoms with Gasteiger partial charge in [0.05, 0.1) is 11.6 Å². The largest absolute Gasteiger partial charge is 0.492 e. The summed E-state index contributed by atoms with van der Waals surface area (Å²) in [5.41, 5.74) is 0. The van der Waals surface area contributed by atoms with Crippen LogP contribution < -0.4 is 4.74 Å². The summed E-state index contributed by atoms with van der Waals surface area (Å²) < 4.78 is 5.37. The van der Waals surface area contributed by atoms with Crippen LogP contribution in [0, 0.1) is 0 Å². The minimum absolute atomic E-state index is 0.632. The van der Waals surface area contributed by atoms with Gasteiger partial charge in [-0.05, 0) is 18.6 Å². The molecule has 0 N–H and O–H groups in total. The smallest absolute Gasteiger partial charge is 0.137 e. The minimum Gasteiger partial charge on any atom is -0.492 e. The fraction of sp³-hybridized carbons (Fsp3) is 0.200. The van der Waals surface area contributed by atoms with Crippen LogP contribution in [0.2, 0.25) is 5.02 Å². The van der Waals surface area contributed by atoms with E-state index in [0.717, 1.165) is 12.2 Å². The van der Waals surface area contributed by atoms with Crippen LogP contribution in [0.15, 0.2) is 36.9 Å². The van der Waals surface area contributed by atoms with E-state index in [1.165, 1.54) is 0 Å². The Bertz CT molecular complexity index is 258. The van der Waals surface area contributed by atoms with Crippen LogP contribution in [0.5, 0.6) is 5.75 Å². The van der Waals surface area contributed by atoms with E-state index in [1.807, 2.05) is 30.3 Å². The van der Waals surface area contributed by atoms with Gasteiger partial charge < -0.3 is 4.74 Å². The van der Waals surface area contributed by atoms with E-state index in [-0.39, 0.29) is 0 Å². The summed E-state index contributed by atoms with van der Waals surface area (Å²) in [5, 5.41) is 0.654. The van der Waals surface area contributed by atoms with Crippen LogP contribution in [0.4, 0.5) is 0 Å². The van der Waals surface area contributed by atoms with Crippen molar-refractivity contribution in [1.82, 2.24) is 0 Å². The van der Waals surface area contributed by atoms with Crippen LogP contribution in [0.25, 0.3) is 0 Å². The van der Waals surface area contributed by atoms with Gasteiger partial charge in [0.2, 0.25) is 0 Å². The van der Waals surface area contributed by atoms with E-state index in [9.17, 15) is 0 Å². The van der Waals surface area contributed by atoms with Crippen molar-refractivity contribution in [3.8, 4) is 5.75 Å². The Hall–Kier alpha value is -0.950. The lowest BCUT2D eigenvalue weighted by molar-refractivity contribution is 0.325. The van der Waals surface area contributed by atoms with Crippen molar-refractivity contribution < 1.29 is 4.74 Å². The summed E-state index contributed by atoms with van der Waals surface area (Å²) >= 11 is 5.85. The predicted octanol–water partition coefficient (Wildman–Crippen LogP) is 3.29. The van der Waals surface area contributed by atoms with Gasteiger partial charge >= 0.3 is 0 Å². The average molecular weight is 183 g/mol. The predicted molar refractivity (Wildman–Crippen MR) is 51.8 cm³/mol. The Labute approximate surface area is 77.6 Å². The first-order chi connectivity index (χ1) is 5.84. The van der Waals surface area contributed by atoms with Crippen LogP contribution in [0.1, 0.15) is 6.42 Å². The Morgan fingerprint density at radius 2 is 2.17 bits per heavy atom. The van der Waals surface area contributed by atoms with E-state index >= 15 is 0 Å². The van der Waals surface area contributed by atoms with E-state index in [0.29, 0.717) is 11.6 Å². The van der Waals surface area contributed by atoms with Crippen LogP contribution in [-0.2, 0) is 0 Å². The number of ether oxygens (including phenoxy) is 1. The Kier molecular flexibility index (Phi) is 3.68. The molecular weight excluding hydrogens is 172 g/mol. The molecule has 0 aliphatic carbocycles. The second-order valence-electron chi connectivity index (χ2n) is 2.36. The highest BCUT2D eigenvalue weighted by molar-refractivity contribution is 6.32. The van der Waals surface area contributed by atoms with Gasteiger partial charge in [-0.15, -0.1) is 6.58 Å². The normalized spacial score (nSPS) is 9.42. The van der Waals surface area contributed by atoms with Gasteiger partial charge in [0.15, 0.2) is 0 Å². The molecule has 2 heteroatoms. The first kappa shape index (κ1) is 9.14. The lowest BCUT2D eigenvalue weighted by Crippen LogP contribution is -1.95. The molecule has 0 aliphatic rings. The molecule has 1 aromatic carbocycles. The molecule has 0 radical (unpaired) electrons. The van der Waals surface area contributed by atoms with Gasteiger partial charge in [0, 0.05) is 0 Å². The van der Waals surface area contributed by atoms with Gasteiger partial charge in [-0.25, -0.2) is 0 Å². The molecule has 1 nitrogen and oxygen atoms in total. The standard InChI is InChI=1S/C10H11ClO/c1-2-3-8-12-10-7-5-4-6-9(10)11/h2,4-7H,1,3,8H2. The Morgan fingerprint density at radius 1 is 1.42 bits per heavy atom. The highest BCUT2D eigenvalue weighted by Crippen LogP contribution is 2.22. The molecular formula is C10H11ClO. The third-order valence-electron chi connectivity index (χ3n) is 1.42. The third-order valence-corrected chi connectivity index (χ3v) is 1.73. The van der Waals surface area contributed by atoms with Crippen molar-refractivity contribution in [3.63, 3.8) is 0 Å². The van der Waals surface area contributed by atoms with Gasteiger partial charge in [-0.2, -0.15) is 0 Å². The third kappa shape index (κ3) is 2.59. The van der Waals surface area contributed by atoms with Crippen molar-refractivity contribution >= 4 is 11.6 Å². The number of para-hydroxylation sites is 1. The Morgan fingerprint density at radius 3 is 2.83 bits per heavy atom. The van der Waals surface area contributed by atoms with Crippen molar-refractivity contribution in [1.29, 1.82) is 0 Å².